The van der Waals surface area contributed by atoms with Crippen molar-refractivity contribution in [1.29, 1.82) is 0 Å². The van der Waals surface area contributed by atoms with E-state index in [-0.39, 0.29) is 5.69 Å². The minimum absolute atomic E-state index is 0.233. The van der Waals surface area contributed by atoms with Crippen molar-refractivity contribution in [3.63, 3.8) is 0 Å². The number of rotatable bonds is 3. The highest BCUT2D eigenvalue weighted by atomic mass is 19.1. The molecule has 0 aliphatic heterocycles. The van der Waals surface area contributed by atoms with Crippen LogP contribution < -0.4 is 10.7 Å². The second-order valence-corrected chi connectivity index (χ2v) is 5.27. The van der Waals surface area contributed by atoms with Gasteiger partial charge in [0.15, 0.2) is 5.69 Å². The summed E-state index contributed by atoms with van der Waals surface area (Å²) in [6, 6.07) is 14.1. The van der Waals surface area contributed by atoms with Crippen molar-refractivity contribution in [1.82, 2.24) is 9.78 Å². The van der Waals surface area contributed by atoms with Crippen LogP contribution in [0.25, 0.3) is 5.69 Å². The van der Waals surface area contributed by atoms with E-state index in [1.54, 1.807) is 0 Å². The Labute approximate surface area is 137 Å². The fourth-order valence-corrected chi connectivity index (χ4v) is 2.20. The first-order valence-electron chi connectivity index (χ1n) is 7.27. The molecule has 3 aromatic rings. The number of carbonyl (C=O) groups is 1. The average Bonchev–Trinajstić information content (AvgIpc) is 2.57. The molecule has 0 fully saturated rings. The summed E-state index contributed by atoms with van der Waals surface area (Å²) < 4.78 is 14.4. The van der Waals surface area contributed by atoms with Crippen LogP contribution in [-0.2, 0) is 0 Å². The molecule has 3 rings (SSSR count). The van der Waals surface area contributed by atoms with Gasteiger partial charge in [-0.3, -0.25) is 9.59 Å². The van der Waals surface area contributed by atoms with Crippen molar-refractivity contribution in [3.8, 4) is 5.69 Å². The second-order valence-electron chi connectivity index (χ2n) is 5.27. The number of anilines is 1. The van der Waals surface area contributed by atoms with Crippen LogP contribution in [0.5, 0.6) is 0 Å². The first-order chi connectivity index (χ1) is 11.5. The smallest absolute Gasteiger partial charge is 0.280 e. The summed E-state index contributed by atoms with van der Waals surface area (Å²) in [5.41, 5.74) is 1.44. The highest BCUT2D eigenvalue weighted by molar-refractivity contribution is 6.02. The van der Waals surface area contributed by atoms with Crippen LogP contribution in [0.2, 0.25) is 0 Å². The third-order valence-corrected chi connectivity index (χ3v) is 3.39. The lowest BCUT2D eigenvalue weighted by Gasteiger charge is -2.08. The van der Waals surface area contributed by atoms with E-state index in [9.17, 15) is 14.0 Å². The molecular weight excluding hydrogens is 309 g/mol. The van der Waals surface area contributed by atoms with Crippen LogP contribution in [0.1, 0.15) is 16.1 Å². The first kappa shape index (κ1) is 15.6. The van der Waals surface area contributed by atoms with E-state index in [0.29, 0.717) is 5.69 Å². The summed E-state index contributed by atoms with van der Waals surface area (Å²) in [5, 5.41) is 6.65. The molecule has 1 amide bonds. The summed E-state index contributed by atoms with van der Waals surface area (Å²) in [4.78, 5) is 24.2. The SMILES string of the molecule is Cc1cccc(-n2ccc(=O)c(C(=O)Nc3ccc(F)cc3)n2)c1. The van der Waals surface area contributed by atoms with Crippen molar-refractivity contribution < 1.29 is 9.18 Å². The molecule has 1 N–H and O–H groups in total. The largest absolute Gasteiger partial charge is 0.320 e. The van der Waals surface area contributed by atoms with Gasteiger partial charge in [0.1, 0.15) is 5.82 Å². The van der Waals surface area contributed by atoms with E-state index in [0.717, 1.165) is 11.3 Å². The molecule has 0 aliphatic rings. The Morgan fingerprint density at radius 1 is 1.12 bits per heavy atom. The zero-order valence-electron chi connectivity index (χ0n) is 12.9. The molecule has 0 saturated heterocycles. The fourth-order valence-electron chi connectivity index (χ4n) is 2.20. The minimum Gasteiger partial charge on any atom is -0.320 e. The van der Waals surface area contributed by atoms with E-state index in [2.05, 4.69) is 10.4 Å². The summed E-state index contributed by atoms with van der Waals surface area (Å²) in [6.07, 6.45) is 1.51. The second kappa shape index (κ2) is 6.45. The number of nitrogens with zero attached hydrogens (tertiary/aromatic N) is 2. The van der Waals surface area contributed by atoms with Gasteiger partial charge >= 0.3 is 0 Å². The fraction of sp³-hybridized carbons (Fsp3) is 0.0556. The van der Waals surface area contributed by atoms with Gasteiger partial charge in [0.25, 0.3) is 5.91 Å². The molecule has 1 heterocycles. The average molecular weight is 323 g/mol. The number of hydrogen-bond acceptors (Lipinski definition) is 3. The van der Waals surface area contributed by atoms with E-state index in [1.165, 1.54) is 41.2 Å². The maximum Gasteiger partial charge on any atom is 0.280 e. The summed E-state index contributed by atoms with van der Waals surface area (Å²) in [7, 11) is 0. The molecule has 0 aliphatic carbocycles. The highest BCUT2D eigenvalue weighted by Crippen LogP contribution is 2.10. The van der Waals surface area contributed by atoms with Crippen LogP contribution >= 0.6 is 0 Å². The van der Waals surface area contributed by atoms with E-state index >= 15 is 0 Å². The summed E-state index contributed by atoms with van der Waals surface area (Å²) in [6.45, 7) is 1.94. The van der Waals surface area contributed by atoms with Crippen molar-refractivity contribution in [2.24, 2.45) is 0 Å². The quantitative estimate of drug-likeness (QED) is 0.806. The Morgan fingerprint density at radius 2 is 1.88 bits per heavy atom. The maximum atomic E-state index is 12.9. The lowest BCUT2D eigenvalue weighted by atomic mass is 10.2. The molecule has 0 radical (unpaired) electrons. The van der Waals surface area contributed by atoms with Gasteiger partial charge in [-0.15, -0.1) is 0 Å². The Hall–Kier alpha value is -3.28. The standard InChI is InChI=1S/C18H14FN3O2/c1-12-3-2-4-15(11-12)22-10-9-16(23)17(21-22)18(24)20-14-7-5-13(19)6-8-14/h2-11H,1H3,(H,20,24). The summed E-state index contributed by atoms with van der Waals surface area (Å²) in [5.74, 6) is -1.05. The molecule has 24 heavy (non-hydrogen) atoms. The van der Waals surface area contributed by atoms with E-state index in [4.69, 9.17) is 0 Å². The van der Waals surface area contributed by atoms with Gasteiger partial charge in [-0.25, -0.2) is 9.07 Å². The van der Waals surface area contributed by atoms with Crippen LogP contribution in [0, 0.1) is 12.7 Å². The Kier molecular flexibility index (Phi) is 4.20. The number of carbonyl (C=O) groups excluding carboxylic acids is 1. The van der Waals surface area contributed by atoms with Crippen LogP contribution in [0.4, 0.5) is 10.1 Å². The molecule has 5 nitrogen and oxygen atoms in total. The number of hydrogen-bond donors (Lipinski definition) is 1. The Morgan fingerprint density at radius 3 is 2.58 bits per heavy atom. The van der Waals surface area contributed by atoms with Crippen molar-refractivity contribution in [2.75, 3.05) is 5.32 Å². The topological polar surface area (TPSA) is 64.0 Å². The lowest BCUT2D eigenvalue weighted by molar-refractivity contribution is 0.101. The summed E-state index contributed by atoms with van der Waals surface area (Å²) >= 11 is 0. The zero-order valence-corrected chi connectivity index (χ0v) is 12.9. The monoisotopic (exact) mass is 323 g/mol. The maximum absolute atomic E-state index is 12.9. The minimum atomic E-state index is -0.645. The number of halogens is 1. The van der Waals surface area contributed by atoms with E-state index < -0.39 is 17.2 Å². The van der Waals surface area contributed by atoms with Gasteiger partial charge in [0, 0.05) is 18.0 Å². The van der Waals surface area contributed by atoms with Crippen LogP contribution in [-0.4, -0.2) is 15.7 Å². The molecule has 0 saturated carbocycles. The molecule has 0 bridgehead atoms. The molecule has 2 aromatic carbocycles. The molecule has 0 spiro atoms. The molecule has 120 valence electrons. The molecule has 1 aromatic heterocycles. The van der Waals surface area contributed by atoms with Gasteiger partial charge in [0.05, 0.1) is 5.69 Å². The number of aryl methyl sites for hydroxylation is 1. The Balaban J connectivity index is 1.92. The third-order valence-electron chi connectivity index (χ3n) is 3.39. The van der Waals surface area contributed by atoms with E-state index in [1.807, 2.05) is 31.2 Å². The number of amides is 1. The van der Waals surface area contributed by atoms with Crippen molar-refractivity contribution in [3.05, 3.63) is 88.1 Å². The van der Waals surface area contributed by atoms with Crippen molar-refractivity contribution >= 4 is 11.6 Å². The van der Waals surface area contributed by atoms with Gasteiger partial charge < -0.3 is 5.32 Å². The molecule has 0 unspecified atom stereocenters. The predicted molar refractivity (Wildman–Crippen MR) is 88.9 cm³/mol. The Bertz CT molecular complexity index is 949. The van der Waals surface area contributed by atoms with Gasteiger partial charge in [-0.1, -0.05) is 12.1 Å². The molecular formula is C18H14FN3O2. The van der Waals surface area contributed by atoms with Crippen LogP contribution in [0.15, 0.2) is 65.6 Å². The highest BCUT2D eigenvalue weighted by Gasteiger charge is 2.14. The normalized spacial score (nSPS) is 10.4. The predicted octanol–water partition coefficient (Wildman–Crippen LogP) is 2.93. The number of nitrogens with one attached hydrogen (secondary N) is 1. The molecule has 6 heteroatoms. The van der Waals surface area contributed by atoms with Crippen molar-refractivity contribution in [2.45, 2.75) is 6.92 Å². The van der Waals surface area contributed by atoms with Gasteiger partial charge in [-0.05, 0) is 48.9 Å². The molecule has 0 atom stereocenters. The van der Waals surface area contributed by atoms with Gasteiger partial charge in [0.2, 0.25) is 5.43 Å². The lowest BCUT2D eigenvalue weighted by Crippen LogP contribution is -2.25. The van der Waals surface area contributed by atoms with Gasteiger partial charge in [-0.2, -0.15) is 5.10 Å². The number of benzene rings is 2. The number of aromatic nitrogens is 2. The zero-order chi connectivity index (χ0) is 17.1. The first-order valence-corrected chi connectivity index (χ1v) is 7.27. The van der Waals surface area contributed by atoms with Crippen LogP contribution in [0.3, 0.4) is 0 Å². The third kappa shape index (κ3) is 3.38.